The Bertz CT molecular complexity index is 456. The fourth-order valence-electron chi connectivity index (χ4n) is 2.62. The molecule has 2 rings (SSSR count). The second kappa shape index (κ2) is 7.34. The molecule has 1 aromatic rings. The number of carbonyl (C=O) groups excluding carboxylic acids is 1. The molecule has 0 aromatic heterocycles. The predicted octanol–water partition coefficient (Wildman–Crippen LogP) is 3.67. The molecule has 0 saturated heterocycles. The molecule has 4 heteroatoms. The maximum atomic E-state index is 11.2. The van der Waals surface area contributed by atoms with Gasteiger partial charge in [0.2, 0.25) is 0 Å². The van der Waals surface area contributed by atoms with Crippen LogP contribution in [0.2, 0.25) is 0 Å². The Hall–Kier alpha value is -1.71. The van der Waals surface area contributed by atoms with Gasteiger partial charge < -0.3 is 14.4 Å². The summed E-state index contributed by atoms with van der Waals surface area (Å²) in [7, 11) is 5.09. The lowest BCUT2D eigenvalue weighted by atomic mass is 10.1. The summed E-state index contributed by atoms with van der Waals surface area (Å²) < 4.78 is 10.3. The summed E-state index contributed by atoms with van der Waals surface area (Å²) in [4.78, 5) is 12.7. The van der Waals surface area contributed by atoms with Gasteiger partial charge in [-0.15, -0.1) is 0 Å². The van der Waals surface area contributed by atoms with Gasteiger partial charge in [-0.2, -0.15) is 0 Å². The normalized spacial score (nSPS) is 20.0. The van der Waals surface area contributed by atoms with Crippen LogP contribution in [0.15, 0.2) is 24.3 Å². The minimum absolute atomic E-state index is 0.252. The fourth-order valence-corrected chi connectivity index (χ4v) is 2.62. The highest BCUT2D eigenvalue weighted by Gasteiger charge is 2.37. The Morgan fingerprint density at radius 2 is 1.95 bits per heavy atom. The molecular formula is C17H25NO3. The van der Waals surface area contributed by atoms with E-state index in [1.165, 1.54) is 23.3 Å². The lowest BCUT2D eigenvalue weighted by Crippen LogP contribution is -2.23. The van der Waals surface area contributed by atoms with Crippen molar-refractivity contribution in [1.82, 2.24) is 4.90 Å². The average molecular weight is 291 g/mol. The van der Waals surface area contributed by atoms with E-state index in [1.54, 1.807) is 21.2 Å². The van der Waals surface area contributed by atoms with Crippen LogP contribution in [0, 0.1) is 5.92 Å². The zero-order valence-electron chi connectivity index (χ0n) is 13.2. The molecule has 21 heavy (non-hydrogen) atoms. The highest BCUT2D eigenvalue weighted by molar-refractivity contribution is 5.66. The number of ether oxygens (including phenoxy) is 2. The van der Waals surface area contributed by atoms with E-state index >= 15 is 0 Å². The largest absolute Gasteiger partial charge is 0.497 e. The second-order valence-corrected chi connectivity index (χ2v) is 5.88. The zero-order chi connectivity index (χ0) is 15.2. The third-order valence-corrected chi connectivity index (χ3v) is 4.03. The van der Waals surface area contributed by atoms with Gasteiger partial charge in [-0.05, 0) is 55.2 Å². The van der Waals surface area contributed by atoms with E-state index in [1.807, 2.05) is 12.1 Å². The molecule has 2 atom stereocenters. The van der Waals surface area contributed by atoms with Crippen LogP contribution >= 0.6 is 0 Å². The van der Waals surface area contributed by atoms with Gasteiger partial charge in [0.1, 0.15) is 5.75 Å². The van der Waals surface area contributed by atoms with Crippen LogP contribution in [-0.2, 0) is 4.74 Å². The van der Waals surface area contributed by atoms with Crippen molar-refractivity contribution < 1.29 is 14.3 Å². The number of rotatable bonds is 7. The molecule has 0 spiro atoms. The van der Waals surface area contributed by atoms with Crippen LogP contribution in [0.3, 0.4) is 0 Å². The van der Waals surface area contributed by atoms with E-state index < -0.39 is 0 Å². The molecule has 4 nitrogen and oxygen atoms in total. The Labute approximate surface area is 127 Å². The van der Waals surface area contributed by atoms with E-state index in [2.05, 4.69) is 12.1 Å². The maximum Gasteiger partial charge on any atom is 0.409 e. The number of unbranched alkanes of at least 4 members (excludes halogenated alkanes) is 1. The lowest BCUT2D eigenvalue weighted by Gasteiger charge is -2.10. The third kappa shape index (κ3) is 4.66. The number of hydrogen-bond donors (Lipinski definition) is 0. The predicted molar refractivity (Wildman–Crippen MR) is 82.7 cm³/mol. The van der Waals surface area contributed by atoms with Gasteiger partial charge in [0.25, 0.3) is 0 Å². The van der Waals surface area contributed by atoms with Gasteiger partial charge in [0.05, 0.1) is 13.7 Å². The monoisotopic (exact) mass is 291 g/mol. The smallest absolute Gasteiger partial charge is 0.409 e. The highest BCUT2D eigenvalue weighted by atomic mass is 16.6. The Kier molecular flexibility index (Phi) is 5.48. The van der Waals surface area contributed by atoms with Gasteiger partial charge in [0.15, 0.2) is 0 Å². The Morgan fingerprint density at radius 1 is 1.24 bits per heavy atom. The molecular weight excluding hydrogens is 266 g/mol. The lowest BCUT2D eigenvalue weighted by molar-refractivity contribution is 0.116. The SMILES string of the molecule is COc1ccc(C2CC2CCCCOC(=O)N(C)C)cc1. The molecule has 0 heterocycles. The molecule has 0 radical (unpaired) electrons. The van der Waals surface area contributed by atoms with Crippen LogP contribution < -0.4 is 4.74 Å². The van der Waals surface area contributed by atoms with Crippen molar-refractivity contribution in [2.75, 3.05) is 27.8 Å². The van der Waals surface area contributed by atoms with Crippen LogP contribution in [0.4, 0.5) is 4.79 Å². The van der Waals surface area contributed by atoms with Crippen molar-refractivity contribution in [2.45, 2.75) is 31.6 Å². The number of amides is 1. The van der Waals surface area contributed by atoms with Gasteiger partial charge >= 0.3 is 6.09 Å². The standard InChI is InChI=1S/C17H25NO3/c1-18(2)17(19)21-11-5-4-6-14-12-16(14)13-7-9-15(20-3)10-8-13/h7-10,14,16H,4-6,11-12H2,1-3H3. The van der Waals surface area contributed by atoms with Gasteiger partial charge in [-0.3, -0.25) is 0 Å². The number of carbonyl (C=O) groups is 1. The van der Waals surface area contributed by atoms with Crippen LogP contribution in [0.1, 0.15) is 37.2 Å². The molecule has 0 aliphatic heterocycles. The number of hydrogen-bond acceptors (Lipinski definition) is 3. The maximum absolute atomic E-state index is 11.2. The van der Waals surface area contributed by atoms with E-state index in [-0.39, 0.29) is 6.09 Å². The van der Waals surface area contributed by atoms with Crippen molar-refractivity contribution in [3.8, 4) is 5.75 Å². The summed E-state index contributed by atoms with van der Waals surface area (Å²) >= 11 is 0. The molecule has 1 fully saturated rings. The summed E-state index contributed by atoms with van der Waals surface area (Å²) in [5, 5.41) is 0. The summed E-state index contributed by atoms with van der Waals surface area (Å²) in [6.45, 7) is 0.525. The molecule has 1 amide bonds. The quantitative estimate of drug-likeness (QED) is 0.720. The molecule has 0 N–H and O–H groups in total. The molecule has 1 saturated carbocycles. The van der Waals surface area contributed by atoms with Crippen molar-refractivity contribution in [3.63, 3.8) is 0 Å². The Morgan fingerprint density at radius 3 is 2.57 bits per heavy atom. The molecule has 116 valence electrons. The summed E-state index contributed by atoms with van der Waals surface area (Å²) in [6.07, 6.45) is 4.32. The van der Waals surface area contributed by atoms with Crippen molar-refractivity contribution in [1.29, 1.82) is 0 Å². The number of nitrogens with zero attached hydrogens (tertiary/aromatic N) is 1. The minimum atomic E-state index is -0.252. The topological polar surface area (TPSA) is 38.8 Å². The first-order valence-electron chi connectivity index (χ1n) is 7.60. The van der Waals surface area contributed by atoms with Crippen molar-refractivity contribution in [2.24, 2.45) is 5.92 Å². The van der Waals surface area contributed by atoms with Gasteiger partial charge in [-0.1, -0.05) is 12.1 Å². The van der Waals surface area contributed by atoms with E-state index in [4.69, 9.17) is 9.47 Å². The van der Waals surface area contributed by atoms with Crippen molar-refractivity contribution >= 4 is 6.09 Å². The minimum Gasteiger partial charge on any atom is -0.497 e. The van der Waals surface area contributed by atoms with Crippen molar-refractivity contribution in [3.05, 3.63) is 29.8 Å². The van der Waals surface area contributed by atoms with Crippen LogP contribution in [0.25, 0.3) is 0 Å². The average Bonchev–Trinajstić information content (AvgIpc) is 3.26. The van der Waals surface area contributed by atoms with E-state index in [0.717, 1.165) is 24.5 Å². The fraction of sp³-hybridized carbons (Fsp3) is 0.588. The zero-order valence-corrected chi connectivity index (χ0v) is 13.2. The van der Waals surface area contributed by atoms with Gasteiger partial charge in [-0.25, -0.2) is 4.79 Å². The number of benzene rings is 1. The summed E-state index contributed by atoms with van der Waals surface area (Å²) in [5.41, 5.74) is 1.42. The summed E-state index contributed by atoms with van der Waals surface area (Å²) in [5.74, 6) is 2.42. The van der Waals surface area contributed by atoms with Crippen LogP contribution in [0.5, 0.6) is 5.75 Å². The highest BCUT2D eigenvalue weighted by Crippen LogP contribution is 2.50. The first kappa shape index (κ1) is 15.7. The molecule has 1 aromatic carbocycles. The molecule has 1 aliphatic rings. The molecule has 2 unspecified atom stereocenters. The second-order valence-electron chi connectivity index (χ2n) is 5.88. The Balaban J connectivity index is 1.60. The van der Waals surface area contributed by atoms with E-state index in [9.17, 15) is 4.79 Å². The third-order valence-electron chi connectivity index (χ3n) is 4.03. The first-order valence-corrected chi connectivity index (χ1v) is 7.60. The number of methoxy groups -OCH3 is 1. The summed E-state index contributed by atoms with van der Waals surface area (Å²) in [6, 6.07) is 8.40. The van der Waals surface area contributed by atoms with Crippen LogP contribution in [-0.4, -0.2) is 38.8 Å². The molecule has 1 aliphatic carbocycles. The van der Waals surface area contributed by atoms with Gasteiger partial charge in [0, 0.05) is 14.1 Å². The molecule has 0 bridgehead atoms. The van der Waals surface area contributed by atoms with E-state index in [0.29, 0.717) is 12.5 Å². The first-order chi connectivity index (χ1) is 10.1.